The maximum Gasteiger partial charge on any atom is 0.261 e. The predicted molar refractivity (Wildman–Crippen MR) is 89.3 cm³/mol. The molecule has 0 aromatic heterocycles. The van der Waals surface area contributed by atoms with Crippen LogP contribution in [0.15, 0.2) is 41.3 Å². The summed E-state index contributed by atoms with van der Waals surface area (Å²) in [6.45, 7) is 6.20. The number of benzene rings is 2. The van der Waals surface area contributed by atoms with Gasteiger partial charge in [-0.1, -0.05) is 17.7 Å². The fourth-order valence-corrected chi connectivity index (χ4v) is 3.32. The number of halogens is 1. The summed E-state index contributed by atoms with van der Waals surface area (Å²) in [6, 6.07) is 9.81. The van der Waals surface area contributed by atoms with Crippen LogP contribution in [0.3, 0.4) is 0 Å². The molecule has 118 valence electrons. The van der Waals surface area contributed by atoms with Crippen LogP contribution in [0.4, 0.5) is 5.69 Å². The molecule has 0 aliphatic rings. The van der Waals surface area contributed by atoms with Crippen molar-refractivity contribution in [2.75, 3.05) is 11.3 Å². The molecule has 0 amide bonds. The van der Waals surface area contributed by atoms with E-state index in [0.29, 0.717) is 18.0 Å². The molecule has 2 aromatic carbocycles. The number of sulfonamides is 1. The number of anilines is 1. The normalized spacial score (nSPS) is 11.3. The lowest BCUT2D eigenvalue weighted by atomic mass is 10.1. The summed E-state index contributed by atoms with van der Waals surface area (Å²) in [5, 5.41) is 0.268. The van der Waals surface area contributed by atoms with Crippen molar-refractivity contribution in [2.45, 2.75) is 25.7 Å². The Balaban J connectivity index is 2.30. The number of nitrogens with one attached hydrogen (secondary N) is 1. The van der Waals surface area contributed by atoms with Gasteiger partial charge in [-0.15, -0.1) is 0 Å². The van der Waals surface area contributed by atoms with E-state index >= 15 is 0 Å². The molecule has 2 aromatic rings. The van der Waals surface area contributed by atoms with Crippen molar-refractivity contribution in [1.29, 1.82) is 0 Å². The number of ether oxygens (including phenoxy) is 1. The Hall–Kier alpha value is -1.72. The van der Waals surface area contributed by atoms with Crippen molar-refractivity contribution in [1.82, 2.24) is 0 Å². The fourth-order valence-electron chi connectivity index (χ4n) is 1.94. The van der Waals surface area contributed by atoms with Crippen LogP contribution in [0.2, 0.25) is 5.02 Å². The van der Waals surface area contributed by atoms with E-state index in [1.165, 1.54) is 12.1 Å². The Bertz CT molecular complexity index is 788. The maximum absolute atomic E-state index is 12.4. The van der Waals surface area contributed by atoms with E-state index in [1.807, 2.05) is 26.8 Å². The van der Waals surface area contributed by atoms with Gasteiger partial charge in [0.05, 0.1) is 16.5 Å². The predicted octanol–water partition coefficient (Wildman–Crippen LogP) is 4.16. The summed E-state index contributed by atoms with van der Waals surface area (Å²) in [4.78, 5) is 0.0965. The second kappa shape index (κ2) is 6.58. The minimum atomic E-state index is -3.69. The monoisotopic (exact) mass is 339 g/mol. The van der Waals surface area contributed by atoms with E-state index in [9.17, 15) is 8.42 Å². The van der Waals surface area contributed by atoms with Crippen molar-refractivity contribution in [3.8, 4) is 5.75 Å². The lowest BCUT2D eigenvalue weighted by Gasteiger charge is -2.11. The molecule has 4 nitrogen and oxygen atoms in total. The molecule has 0 atom stereocenters. The van der Waals surface area contributed by atoms with Gasteiger partial charge in [0, 0.05) is 5.69 Å². The Morgan fingerprint density at radius 2 is 1.82 bits per heavy atom. The summed E-state index contributed by atoms with van der Waals surface area (Å²) >= 11 is 6.05. The molecule has 2 rings (SSSR count). The molecule has 22 heavy (non-hydrogen) atoms. The molecule has 1 N–H and O–H groups in total. The molecule has 0 saturated carbocycles. The molecule has 0 aliphatic heterocycles. The lowest BCUT2D eigenvalue weighted by Crippen LogP contribution is -2.13. The first-order valence-corrected chi connectivity index (χ1v) is 8.72. The summed E-state index contributed by atoms with van der Waals surface area (Å²) in [5.41, 5.74) is 2.64. The Morgan fingerprint density at radius 3 is 2.41 bits per heavy atom. The molecular formula is C16H18ClNO3S. The molecule has 6 heteroatoms. The van der Waals surface area contributed by atoms with Gasteiger partial charge in [-0.25, -0.2) is 8.42 Å². The highest BCUT2D eigenvalue weighted by Crippen LogP contribution is 2.28. The second-order valence-corrected chi connectivity index (χ2v) is 7.02. The van der Waals surface area contributed by atoms with Crippen LogP contribution < -0.4 is 9.46 Å². The van der Waals surface area contributed by atoms with Crippen LogP contribution in [0.5, 0.6) is 5.75 Å². The Morgan fingerprint density at radius 1 is 1.09 bits per heavy atom. The van der Waals surface area contributed by atoms with Gasteiger partial charge in [-0.3, -0.25) is 4.72 Å². The van der Waals surface area contributed by atoms with Crippen LogP contribution >= 0.6 is 11.6 Å². The van der Waals surface area contributed by atoms with Gasteiger partial charge < -0.3 is 4.74 Å². The van der Waals surface area contributed by atoms with Crippen molar-refractivity contribution in [3.05, 3.63) is 52.5 Å². The molecule has 0 fully saturated rings. The minimum absolute atomic E-state index is 0.0965. The van der Waals surface area contributed by atoms with Crippen LogP contribution in [0, 0.1) is 13.8 Å². The van der Waals surface area contributed by atoms with E-state index in [1.54, 1.807) is 18.2 Å². The molecule has 0 unspecified atom stereocenters. The Kier molecular flexibility index (Phi) is 4.98. The summed E-state index contributed by atoms with van der Waals surface area (Å²) in [7, 11) is -3.69. The molecule has 0 bridgehead atoms. The molecule has 0 radical (unpaired) electrons. The molecule has 0 aliphatic carbocycles. The molecule has 0 heterocycles. The van der Waals surface area contributed by atoms with Crippen LogP contribution in [-0.4, -0.2) is 15.0 Å². The van der Waals surface area contributed by atoms with Gasteiger partial charge in [0.1, 0.15) is 5.75 Å². The third-order valence-corrected chi connectivity index (χ3v) is 4.95. The first kappa shape index (κ1) is 16.6. The standard InChI is InChI=1S/C16H18ClNO3S/c1-4-21-16-8-7-14(10-15(16)17)22(19,20)18-13-6-5-11(2)12(3)9-13/h5-10,18H,4H2,1-3H3. The van der Waals surface area contributed by atoms with E-state index < -0.39 is 10.0 Å². The van der Waals surface area contributed by atoms with Crippen molar-refractivity contribution in [2.24, 2.45) is 0 Å². The van der Waals surface area contributed by atoms with Crippen LogP contribution in [0.25, 0.3) is 0 Å². The molecule has 0 spiro atoms. The summed E-state index contributed by atoms with van der Waals surface area (Å²) < 4.78 is 32.7. The van der Waals surface area contributed by atoms with Gasteiger partial charge in [-0.05, 0) is 62.2 Å². The van der Waals surface area contributed by atoms with E-state index in [4.69, 9.17) is 16.3 Å². The maximum atomic E-state index is 12.4. The van der Waals surface area contributed by atoms with E-state index in [2.05, 4.69) is 4.72 Å². The van der Waals surface area contributed by atoms with Gasteiger partial charge in [-0.2, -0.15) is 0 Å². The molecular weight excluding hydrogens is 322 g/mol. The second-order valence-electron chi connectivity index (χ2n) is 4.93. The third kappa shape index (κ3) is 3.72. The van der Waals surface area contributed by atoms with Gasteiger partial charge in [0.2, 0.25) is 0 Å². The number of rotatable bonds is 5. The third-order valence-electron chi connectivity index (χ3n) is 3.27. The van der Waals surface area contributed by atoms with E-state index in [-0.39, 0.29) is 9.92 Å². The van der Waals surface area contributed by atoms with Crippen LogP contribution in [0.1, 0.15) is 18.1 Å². The number of hydrogen-bond donors (Lipinski definition) is 1. The highest BCUT2D eigenvalue weighted by molar-refractivity contribution is 7.92. The zero-order valence-corrected chi connectivity index (χ0v) is 14.3. The topological polar surface area (TPSA) is 55.4 Å². The first-order valence-electron chi connectivity index (χ1n) is 6.86. The quantitative estimate of drug-likeness (QED) is 0.890. The highest BCUT2D eigenvalue weighted by Gasteiger charge is 2.16. The van der Waals surface area contributed by atoms with Crippen molar-refractivity contribution >= 4 is 27.3 Å². The average Bonchev–Trinajstić information content (AvgIpc) is 2.45. The zero-order valence-electron chi connectivity index (χ0n) is 12.7. The Labute approximate surface area is 136 Å². The smallest absolute Gasteiger partial charge is 0.261 e. The SMILES string of the molecule is CCOc1ccc(S(=O)(=O)Nc2ccc(C)c(C)c2)cc1Cl. The highest BCUT2D eigenvalue weighted by atomic mass is 35.5. The summed E-state index contributed by atoms with van der Waals surface area (Å²) in [6.07, 6.45) is 0. The average molecular weight is 340 g/mol. The van der Waals surface area contributed by atoms with Gasteiger partial charge in [0.15, 0.2) is 0 Å². The zero-order chi connectivity index (χ0) is 16.3. The van der Waals surface area contributed by atoms with Gasteiger partial charge in [0.25, 0.3) is 10.0 Å². The van der Waals surface area contributed by atoms with E-state index in [0.717, 1.165) is 11.1 Å². The number of hydrogen-bond acceptors (Lipinski definition) is 3. The fraction of sp³-hybridized carbons (Fsp3) is 0.250. The largest absolute Gasteiger partial charge is 0.492 e. The summed E-state index contributed by atoms with van der Waals surface area (Å²) in [5.74, 6) is 0.467. The van der Waals surface area contributed by atoms with Crippen molar-refractivity contribution in [3.63, 3.8) is 0 Å². The van der Waals surface area contributed by atoms with Gasteiger partial charge >= 0.3 is 0 Å². The van der Waals surface area contributed by atoms with Crippen molar-refractivity contribution < 1.29 is 13.2 Å². The first-order chi connectivity index (χ1) is 10.3. The lowest BCUT2D eigenvalue weighted by molar-refractivity contribution is 0.340. The van der Waals surface area contributed by atoms with Crippen LogP contribution in [-0.2, 0) is 10.0 Å². The minimum Gasteiger partial charge on any atom is -0.492 e. The number of aryl methyl sites for hydroxylation is 2. The molecule has 0 saturated heterocycles.